The number of fused-ring (bicyclic) bond motifs is 1. The molecule has 0 unspecified atom stereocenters. The molecule has 0 N–H and O–H groups in total. The van der Waals surface area contributed by atoms with Crippen LogP contribution in [0.4, 0.5) is 0 Å². The van der Waals surface area contributed by atoms with Crippen molar-refractivity contribution in [3.8, 4) is 0 Å². The zero-order chi connectivity index (χ0) is 24.4. The lowest BCUT2D eigenvalue weighted by atomic mass is 10.1. The quantitative estimate of drug-likeness (QED) is 0.423. The highest BCUT2D eigenvalue weighted by molar-refractivity contribution is 6.42. The molecular weight excluding hydrogens is 495 g/mol. The molecule has 6 nitrogen and oxygen atoms in total. The summed E-state index contributed by atoms with van der Waals surface area (Å²) in [5, 5.41) is 1.48. The van der Waals surface area contributed by atoms with Crippen molar-refractivity contribution in [2.24, 2.45) is 0 Å². The van der Waals surface area contributed by atoms with Crippen molar-refractivity contribution in [3.05, 3.63) is 62.9 Å². The van der Waals surface area contributed by atoms with Crippen LogP contribution in [0.25, 0.3) is 11.0 Å². The Morgan fingerprint density at radius 1 is 0.971 bits per heavy atom. The summed E-state index contributed by atoms with van der Waals surface area (Å²) in [7, 11) is 0. The minimum Gasteiger partial charge on any atom is -0.339 e. The van der Waals surface area contributed by atoms with E-state index < -0.39 is 6.04 Å². The number of piperazine rings is 1. The van der Waals surface area contributed by atoms with Gasteiger partial charge in [-0.3, -0.25) is 9.59 Å². The molecule has 0 bridgehead atoms. The molecule has 0 radical (unpaired) electrons. The molecule has 2 amide bonds. The average Bonchev–Trinajstić information content (AvgIpc) is 3.15. The van der Waals surface area contributed by atoms with E-state index in [0.717, 1.165) is 23.3 Å². The smallest absolute Gasteiger partial charge is 0.245 e. The fourth-order valence-electron chi connectivity index (χ4n) is 4.51. The molecule has 4 rings (SSSR count). The summed E-state index contributed by atoms with van der Waals surface area (Å²) < 4.78 is 2.00. The molecule has 0 saturated carbocycles. The van der Waals surface area contributed by atoms with Crippen molar-refractivity contribution in [1.29, 1.82) is 0 Å². The molecule has 9 heteroatoms. The second-order valence-corrected chi connectivity index (χ2v) is 9.78. The number of imidazole rings is 1. The van der Waals surface area contributed by atoms with Gasteiger partial charge in [0.1, 0.15) is 11.9 Å². The van der Waals surface area contributed by atoms with Gasteiger partial charge in [0.05, 0.1) is 21.1 Å². The Bertz CT molecular complexity index is 1220. The summed E-state index contributed by atoms with van der Waals surface area (Å²) in [6, 6.07) is 10.7. The first-order chi connectivity index (χ1) is 16.3. The Labute approximate surface area is 214 Å². The molecule has 0 spiro atoms. The van der Waals surface area contributed by atoms with Crippen LogP contribution >= 0.6 is 34.8 Å². The van der Waals surface area contributed by atoms with Crippen LogP contribution in [0.5, 0.6) is 0 Å². The number of rotatable bonds is 6. The zero-order valence-corrected chi connectivity index (χ0v) is 21.5. The second-order valence-electron chi connectivity index (χ2n) is 8.56. The number of benzene rings is 2. The van der Waals surface area contributed by atoms with Gasteiger partial charge in [-0.05, 0) is 30.2 Å². The number of aromatic nitrogens is 2. The Balaban J connectivity index is 1.77. The van der Waals surface area contributed by atoms with E-state index in [1.54, 1.807) is 24.0 Å². The van der Waals surface area contributed by atoms with E-state index in [-0.39, 0.29) is 11.8 Å². The van der Waals surface area contributed by atoms with Crippen LogP contribution in [-0.2, 0) is 16.0 Å². The highest BCUT2D eigenvalue weighted by Gasteiger charge is 2.31. The van der Waals surface area contributed by atoms with Crippen molar-refractivity contribution in [2.75, 3.05) is 26.2 Å². The first kappa shape index (κ1) is 24.8. The number of carbonyl (C=O) groups excluding carboxylic acids is 2. The standard InChI is InChI=1S/C25H27Cl3N4O2/c1-3-6-22(25(34)31-11-9-30(10-12-31)16(2)33)32-23-15-20(28)19(27)14-21(23)29-24(32)13-17-7-4-5-8-18(17)26/h4-5,7-8,14-15,22H,3,6,9-13H2,1-2H3/t22-/m0/s1. The van der Waals surface area contributed by atoms with Crippen molar-refractivity contribution in [3.63, 3.8) is 0 Å². The lowest BCUT2D eigenvalue weighted by Crippen LogP contribution is -2.51. The summed E-state index contributed by atoms with van der Waals surface area (Å²) in [5.41, 5.74) is 2.38. The Hall–Kier alpha value is -2.28. The van der Waals surface area contributed by atoms with Gasteiger partial charge >= 0.3 is 0 Å². The largest absolute Gasteiger partial charge is 0.339 e. The fourth-order valence-corrected chi connectivity index (χ4v) is 5.03. The number of amides is 2. The van der Waals surface area contributed by atoms with Gasteiger partial charge in [-0.1, -0.05) is 66.3 Å². The lowest BCUT2D eigenvalue weighted by Gasteiger charge is -2.36. The van der Waals surface area contributed by atoms with Crippen molar-refractivity contribution in [1.82, 2.24) is 19.4 Å². The van der Waals surface area contributed by atoms with E-state index >= 15 is 0 Å². The molecule has 3 aromatic rings. The first-order valence-electron chi connectivity index (χ1n) is 11.4. The van der Waals surface area contributed by atoms with Crippen molar-refractivity contribution < 1.29 is 9.59 Å². The highest BCUT2D eigenvalue weighted by Crippen LogP contribution is 2.33. The van der Waals surface area contributed by atoms with Crippen LogP contribution < -0.4 is 0 Å². The number of nitrogens with zero attached hydrogens (tertiary/aromatic N) is 4. The van der Waals surface area contributed by atoms with E-state index in [9.17, 15) is 9.59 Å². The van der Waals surface area contributed by atoms with E-state index in [4.69, 9.17) is 39.8 Å². The Morgan fingerprint density at radius 3 is 2.26 bits per heavy atom. The average molecular weight is 522 g/mol. The number of carbonyl (C=O) groups is 2. The summed E-state index contributed by atoms with van der Waals surface area (Å²) >= 11 is 19.1. The predicted octanol–water partition coefficient (Wildman–Crippen LogP) is 5.62. The van der Waals surface area contributed by atoms with Crippen LogP contribution in [0, 0.1) is 0 Å². The van der Waals surface area contributed by atoms with Gasteiger partial charge in [0, 0.05) is 44.5 Å². The second kappa shape index (κ2) is 10.5. The molecule has 1 fully saturated rings. The van der Waals surface area contributed by atoms with Crippen LogP contribution in [-0.4, -0.2) is 57.3 Å². The van der Waals surface area contributed by atoms with Crippen molar-refractivity contribution >= 4 is 57.7 Å². The van der Waals surface area contributed by atoms with Crippen LogP contribution in [0.1, 0.15) is 44.1 Å². The molecule has 1 aliphatic heterocycles. The summed E-state index contributed by atoms with van der Waals surface area (Å²) in [6.45, 7) is 5.72. The molecule has 1 saturated heterocycles. The Morgan fingerprint density at radius 2 is 1.62 bits per heavy atom. The van der Waals surface area contributed by atoms with Gasteiger partial charge in [0.15, 0.2) is 0 Å². The van der Waals surface area contributed by atoms with Crippen LogP contribution in [0.15, 0.2) is 36.4 Å². The van der Waals surface area contributed by atoms with Gasteiger partial charge in [0.25, 0.3) is 0 Å². The summed E-state index contributed by atoms with van der Waals surface area (Å²) in [5.74, 6) is 0.790. The lowest BCUT2D eigenvalue weighted by molar-refractivity contribution is -0.140. The van der Waals surface area contributed by atoms with E-state index in [2.05, 4.69) is 6.92 Å². The monoisotopic (exact) mass is 520 g/mol. The summed E-state index contributed by atoms with van der Waals surface area (Å²) in [4.78, 5) is 34.0. The van der Waals surface area contributed by atoms with Gasteiger partial charge in [-0.2, -0.15) is 0 Å². The highest BCUT2D eigenvalue weighted by atomic mass is 35.5. The predicted molar refractivity (Wildman–Crippen MR) is 137 cm³/mol. The number of hydrogen-bond donors (Lipinski definition) is 0. The molecule has 34 heavy (non-hydrogen) atoms. The first-order valence-corrected chi connectivity index (χ1v) is 12.6. The number of halogens is 3. The minimum atomic E-state index is -0.450. The zero-order valence-electron chi connectivity index (χ0n) is 19.2. The van der Waals surface area contributed by atoms with E-state index in [1.165, 1.54) is 0 Å². The maximum atomic E-state index is 13.8. The molecule has 2 heterocycles. The van der Waals surface area contributed by atoms with E-state index in [1.807, 2.05) is 33.7 Å². The third-order valence-corrected chi connectivity index (χ3v) is 7.40. The van der Waals surface area contributed by atoms with Crippen molar-refractivity contribution in [2.45, 2.75) is 39.2 Å². The van der Waals surface area contributed by atoms with Crippen LogP contribution in [0.3, 0.4) is 0 Å². The number of hydrogen-bond acceptors (Lipinski definition) is 3. The molecule has 2 aromatic carbocycles. The molecule has 1 aromatic heterocycles. The maximum absolute atomic E-state index is 13.8. The summed E-state index contributed by atoms with van der Waals surface area (Å²) in [6.07, 6.45) is 1.93. The molecule has 180 valence electrons. The van der Waals surface area contributed by atoms with Gasteiger partial charge in [-0.15, -0.1) is 0 Å². The minimum absolute atomic E-state index is 0.0239. The van der Waals surface area contributed by atoms with E-state index in [0.29, 0.717) is 59.6 Å². The van der Waals surface area contributed by atoms with Gasteiger partial charge in [0.2, 0.25) is 11.8 Å². The maximum Gasteiger partial charge on any atom is 0.245 e. The molecule has 1 aliphatic rings. The molecular formula is C25H27Cl3N4O2. The normalized spacial score (nSPS) is 15.1. The molecule has 0 aliphatic carbocycles. The Kier molecular flexibility index (Phi) is 7.70. The third-order valence-electron chi connectivity index (χ3n) is 6.31. The fraction of sp³-hybridized carbons (Fsp3) is 0.400. The van der Waals surface area contributed by atoms with Gasteiger partial charge in [-0.25, -0.2) is 4.98 Å². The molecule has 1 atom stereocenters. The topological polar surface area (TPSA) is 58.4 Å². The SMILES string of the molecule is CCC[C@@H](C(=O)N1CCN(C(C)=O)CC1)n1c(Cc2ccccc2Cl)nc2cc(Cl)c(Cl)cc21. The van der Waals surface area contributed by atoms with Crippen LogP contribution in [0.2, 0.25) is 15.1 Å². The third kappa shape index (κ3) is 5.04. The van der Waals surface area contributed by atoms with Gasteiger partial charge < -0.3 is 14.4 Å².